The van der Waals surface area contributed by atoms with E-state index < -0.39 is 10.0 Å². The first-order valence-electron chi connectivity index (χ1n) is 6.51. The van der Waals surface area contributed by atoms with Crippen LogP contribution in [0.15, 0.2) is 27.6 Å². The van der Waals surface area contributed by atoms with Gasteiger partial charge in [-0.25, -0.2) is 12.7 Å². The number of hydrogen-bond donors (Lipinski definition) is 2. The third-order valence-corrected chi connectivity index (χ3v) is 5.58. The van der Waals surface area contributed by atoms with Gasteiger partial charge >= 0.3 is 0 Å². The Hall–Kier alpha value is -0.670. The number of benzene rings is 1. The predicted molar refractivity (Wildman–Crippen MR) is 93.1 cm³/mol. The van der Waals surface area contributed by atoms with Crippen LogP contribution in [0.3, 0.4) is 0 Å². The van der Waals surface area contributed by atoms with Crippen molar-refractivity contribution in [1.82, 2.24) is 14.9 Å². The number of hydrogen-bond acceptors (Lipinski definition) is 4. The summed E-state index contributed by atoms with van der Waals surface area (Å²) in [4.78, 5) is 12.1. The largest absolute Gasteiger partial charge is 0.351 e. The van der Waals surface area contributed by atoms with Crippen molar-refractivity contribution in [3.63, 3.8) is 0 Å². The Kier molecular flexibility index (Phi) is 9.18. The Morgan fingerprint density at radius 2 is 1.91 bits per heavy atom. The topological polar surface area (TPSA) is 78.5 Å². The average molecular weight is 415 g/mol. The third kappa shape index (κ3) is 5.51. The molecule has 6 nitrogen and oxygen atoms in total. The highest BCUT2D eigenvalue weighted by atomic mass is 79.9. The van der Waals surface area contributed by atoms with Crippen LogP contribution in [0.2, 0.25) is 0 Å². The van der Waals surface area contributed by atoms with Crippen molar-refractivity contribution in [1.29, 1.82) is 0 Å². The number of amides is 1. The zero-order valence-electron chi connectivity index (χ0n) is 12.7. The van der Waals surface area contributed by atoms with Crippen molar-refractivity contribution < 1.29 is 13.2 Å². The Bertz CT molecular complexity index is 609. The quantitative estimate of drug-likeness (QED) is 0.662. The molecule has 0 saturated heterocycles. The van der Waals surface area contributed by atoms with Crippen molar-refractivity contribution in [3.05, 3.63) is 28.2 Å². The van der Waals surface area contributed by atoms with Gasteiger partial charge < -0.3 is 10.6 Å². The summed E-state index contributed by atoms with van der Waals surface area (Å²) in [7, 11) is -0.607. The monoisotopic (exact) mass is 413 g/mol. The van der Waals surface area contributed by atoms with E-state index in [0.717, 1.165) is 10.8 Å². The second-order valence-electron chi connectivity index (χ2n) is 4.54. The van der Waals surface area contributed by atoms with Gasteiger partial charge in [0, 0.05) is 37.2 Å². The SMILES string of the molecule is CCNCCNC(=O)c1ccc(S(=O)(=O)N(C)C)c(Br)c1.Cl. The van der Waals surface area contributed by atoms with E-state index in [4.69, 9.17) is 0 Å². The van der Waals surface area contributed by atoms with Crippen molar-refractivity contribution in [2.24, 2.45) is 0 Å². The van der Waals surface area contributed by atoms with Gasteiger partial charge in [0.1, 0.15) is 0 Å². The highest BCUT2D eigenvalue weighted by molar-refractivity contribution is 9.10. The summed E-state index contributed by atoms with van der Waals surface area (Å²) in [5.41, 5.74) is 0.413. The van der Waals surface area contributed by atoms with Crippen LogP contribution in [0, 0.1) is 0 Å². The molecule has 9 heteroatoms. The number of carbonyl (C=O) groups excluding carboxylic acids is 1. The van der Waals surface area contributed by atoms with Gasteiger partial charge in [-0.05, 0) is 40.7 Å². The molecule has 0 aromatic heterocycles. The van der Waals surface area contributed by atoms with Gasteiger partial charge in [-0.1, -0.05) is 6.92 Å². The zero-order chi connectivity index (χ0) is 16.0. The lowest BCUT2D eigenvalue weighted by Gasteiger charge is -2.13. The van der Waals surface area contributed by atoms with Crippen LogP contribution in [0.1, 0.15) is 17.3 Å². The number of sulfonamides is 1. The summed E-state index contributed by atoms with van der Waals surface area (Å²) in [6, 6.07) is 4.45. The lowest BCUT2D eigenvalue weighted by atomic mass is 10.2. The molecule has 1 rings (SSSR count). The summed E-state index contributed by atoms with van der Waals surface area (Å²) < 4.78 is 25.6. The van der Waals surface area contributed by atoms with E-state index in [2.05, 4.69) is 26.6 Å². The Labute approximate surface area is 146 Å². The van der Waals surface area contributed by atoms with E-state index in [9.17, 15) is 13.2 Å². The van der Waals surface area contributed by atoms with Crippen LogP contribution in [-0.2, 0) is 10.0 Å². The van der Waals surface area contributed by atoms with E-state index in [0.29, 0.717) is 23.1 Å². The average Bonchev–Trinajstić information content (AvgIpc) is 2.42. The van der Waals surface area contributed by atoms with Crippen LogP contribution in [0.5, 0.6) is 0 Å². The summed E-state index contributed by atoms with van der Waals surface area (Å²) >= 11 is 3.21. The highest BCUT2D eigenvalue weighted by Gasteiger charge is 2.21. The third-order valence-electron chi connectivity index (χ3n) is 2.79. The normalized spacial score (nSPS) is 11.1. The molecule has 0 unspecified atom stereocenters. The van der Waals surface area contributed by atoms with Gasteiger partial charge in [-0.3, -0.25) is 4.79 Å². The molecule has 0 bridgehead atoms. The number of rotatable bonds is 7. The number of nitrogens with one attached hydrogen (secondary N) is 2. The fourth-order valence-corrected chi connectivity index (χ4v) is 3.52. The molecule has 0 aliphatic carbocycles. The van der Waals surface area contributed by atoms with Gasteiger partial charge in [0.05, 0.1) is 4.90 Å². The molecule has 0 aliphatic heterocycles. The van der Waals surface area contributed by atoms with Crippen LogP contribution in [0.4, 0.5) is 0 Å². The maximum absolute atomic E-state index is 12.1. The van der Waals surface area contributed by atoms with E-state index in [1.807, 2.05) is 6.92 Å². The molecular formula is C13H21BrClN3O3S. The van der Waals surface area contributed by atoms with Crippen LogP contribution in [0.25, 0.3) is 0 Å². The van der Waals surface area contributed by atoms with E-state index in [1.165, 1.54) is 32.3 Å². The molecule has 22 heavy (non-hydrogen) atoms. The van der Waals surface area contributed by atoms with Gasteiger partial charge in [-0.2, -0.15) is 0 Å². The molecule has 126 valence electrons. The van der Waals surface area contributed by atoms with E-state index >= 15 is 0 Å². The zero-order valence-corrected chi connectivity index (χ0v) is 15.9. The first-order chi connectivity index (χ1) is 9.80. The summed E-state index contributed by atoms with van der Waals surface area (Å²) in [6.45, 7) is 4.04. The highest BCUT2D eigenvalue weighted by Crippen LogP contribution is 2.25. The Balaban J connectivity index is 0.00000441. The van der Waals surface area contributed by atoms with Crippen molar-refractivity contribution in [3.8, 4) is 0 Å². The molecule has 0 saturated carbocycles. The number of nitrogens with zero attached hydrogens (tertiary/aromatic N) is 1. The standard InChI is InChI=1S/C13H20BrN3O3S.ClH/c1-4-15-7-8-16-13(18)10-5-6-12(11(14)9-10)21(19,20)17(2)3;/h5-6,9,15H,4,7-8H2,1-3H3,(H,16,18);1H. The van der Waals surface area contributed by atoms with Gasteiger partial charge in [0.25, 0.3) is 5.91 Å². The van der Waals surface area contributed by atoms with Gasteiger partial charge in [-0.15, -0.1) is 12.4 Å². The molecule has 0 heterocycles. The van der Waals surface area contributed by atoms with Gasteiger partial charge in [0.15, 0.2) is 0 Å². The second kappa shape index (κ2) is 9.46. The van der Waals surface area contributed by atoms with E-state index in [1.54, 1.807) is 0 Å². The molecular weight excluding hydrogens is 394 g/mol. The number of halogens is 2. The van der Waals surface area contributed by atoms with E-state index in [-0.39, 0.29) is 23.2 Å². The van der Waals surface area contributed by atoms with Crippen molar-refractivity contribution >= 4 is 44.3 Å². The smallest absolute Gasteiger partial charge is 0.251 e. The Morgan fingerprint density at radius 1 is 1.27 bits per heavy atom. The lowest BCUT2D eigenvalue weighted by molar-refractivity contribution is 0.0954. The minimum absolute atomic E-state index is 0. The second-order valence-corrected chi connectivity index (χ2v) is 7.52. The van der Waals surface area contributed by atoms with Crippen molar-refractivity contribution in [2.45, 2.75) is 11.8 Å². The summed E-state index contributed by atoms with van der Waals surface area (Å²) in [5, 5.41) is 5.86. The fourth-order valence-electron chi connectivity index (χ4n) is 1.59. The molecule has 2 N–H and O–H groups in total. The molecule has 1 amide bonds. The fraction of sp³-hybridized carbons (Fsp3) is 0.462. The lowest BCUT2D eigenvalue weighted by Crippen LogP contribution is -2.31. The molecule has 0 fully saturated rings. The summed E-state index contributed by atoms with van der Waals surface area (Å²) in [5.74, 6) is -0.234. The first kappa shape index (κ1) is 21.3. The van der Waals surface area contributed by atoms with Crippen LogP contribution < -0.4 is 10.6 Å². The predicted octanol–water partition coefficient (Wildman–Crippen LogP) is 1.46. The minimum Gasteiger partial charge on any atom is -0.351 e. The number of likely N-dealkylation sites (N-methyl/N-ethyl adjacent to an activating group) is 1. The minimum atomic E-state index is -3.53. The molecule has 1 aromatic rings. The first-order valence-corrected chi connectivity index (χ1v) is 8.75. The van der Waals surface area contributed by atoms with Gasteiger partial charge in [0.2, 0.25) is 10.0 Å². The molecule has 0 radical (unpaired) electrons. The maximum Gasteiger partial charge on any atom is 0.251 e. The Morgan fingerprint density at radius 3 is 2.41 bits per heavy atom. The molecule has 0 spiro atoms. The van der Waals surface area contributed by atoms with Crippen LogP contribution >= 0.6 is 28.3 Å². The molecule has 0 atom stereocenters. The summed E-state index contributed by atoms with van der Waals surface area (Å²) in [6.07, 6.45) is 0. The number of carbonyl (C=O) groups is 1. The van der Waals surface area contributed by atoms with Crippen LogP contribution in [-0.4, -0.2) is 52.4 Å². The van der Waals surface area contributed by atoms with Crippen molar-refractivity contribution in [2.75, 3.05) is 33.7 Å². The maximum atomic E-state index is 12.1. The molecule has 1 aromatic carbocycles. The molecule has 0 aliphatic rings.